The van der Waals surface area contributed by atoms with Crippen LogP contribution in [0.4, 0.5) is 11.4 Å². The lowest BCUT2D eigenvalue weighted by Gasteiger charge is -2.10. The molecule has 3 aromatic rings. The van der Waals surface area contributed by atoms with Gasteiger partial charge in [-0.15, -0.1) is 0 Å². The van der Waals surface area contributed by atoms with E-state index in [9.17, 15) is 0 Å². The zero-order chi connectivity index (χ0) is 16.2. The number of benzene rings is 3. The summed E-state index contributed by atoms with van der Waals surface area (Å²) in [5.74, 6) is 0.875. The van der Waals surface area contributed by atoms with Crippen molar-refractivity contribution in [2.45, 2.75) is 13.8 Å². The summed E-state index contributed by atoms with van der Waals surface area (Å²) >= 11 is 0. The van der Waals surface area contributed by atoms with Crippen LogP contribution in [-0.4, -0.2) is 7.11 Å². The van der Waals surface area contributed by atoms with Crippen LogP contribution in [0.25, 0.3) is 11.1 Å². The van der Waals surface area contributed by atoms with E-state index in [0.717, 1.165) is 22.7 Å². The van der Waals surface area contributed by atoms with E-state index in [1.807, 2.05) is 18.2 Å². The van der Waals surface area contributed by atoms with E-state index in [1.165, 1.54) is 16.7 Å². The number of anilines is 2. The van der Waals surface area contributed by atoms with Crippen molar-refractivity contribution in [1.29, 1.82) is 0 Å². The van der Waals surface area contributed by atoms with Crippen molar-refractivity contribution >= 4 is 11.4 Å². The van der Waals surface area contributed by atoms with Crippen molar-refractivity contribution in [3.8, 4) is 16.9 Å². The normalized spacial score (nSPS) is 10.4. The summed E-state index contributed by atoms with van der Waals surface area (Å²) in [6, 6.07) is 23.1. The van der Waals surface area contributed by atoms with Crippen molar-refractivity contribution in [3.63, 3.8) is 0 Å². The molecule has 0 aliphatic carbocycles. The van der Waals surface area contributed by atoms with Crippen molar-refractivity contribution < 1.29 is 4.74 Å². The Morgan fingerprint density at radius 2 is 1.39 bits per heavy atom. The predicted octanol–water partition coefficient (Wildman–Crippen LogP) is 5.72. The van der Waals surface area contributed by atoms with E-state index in [-0.39, 0.29) is 0 Å². The topological polar surface area (TPSA) is 21.3 Å². The minimum atomic E-state index is 0.875. The zero-order valence-electron chi connectivity index (χ0n) is 13.8. The first-order valence-electron chi connectivity index (χ1n) is 7.74. The van der Waals surface area contributed by atoms with Crippen molar-refractivity contribution in [2.75, 3.05) is 12.4 Å². The highest BCUT2D eigenvalue weighted by Crippen LogP contribution is 2.26. The molecule has 0 radical (unpaired) electrons. The number of hydrogen-bond donors (Lipinski definition) is 1. The summed E-state index contributed by atoms with van der Waals surface area (Å²) in [4.78, 5) is 0. The molecule has 0 spiro atoms. The number of aryl methyl sites for hydroxylation is 2. The number of methoxy groups -OCH3 is 1. The van der Waals surface area contributed by atoms with Gasteiger partial charge in [-0.3, -0.25) is 0 Å². The molecule has 2 heteroatoms. The van der Waals surface area contributed by atoms with Crippen LogP contribution < -0.4 is 10.1 Å². The molecule has 0 aromatic heterocycles. The van der Waals surface area contributed by atoms with Gasteiger partial charge in [-0.2, -0.15) is 0 Å². The molecule has 0 heterocycles. The van der Waals surface area contributed by atoms with Gasteiger partial charge in [-0.1, -0.05) is 30.3 Å². The van der Waals surface area contributed by atoms with Gasteiger partial charge in [-0.05, 0) is 72.5 Å². The molecule has 3 rings (SSSR count). The Kier molecular flexibility index (Phi) is 4.33. The number of ether oxygens (including phenoxy) is 1. The Hall–Kier alpha value is -2.74. The summed E-state index contributed by atoms with van der Waals surface area (Å²) in [6.45, 7) is 4.23. The van der Waals surface area contributed by atoms with Crippen LogP contribution in [0, 0.1) is 13.8 Å². The van der Waals surface area contributed by atoms with Crippen LogP contribution in [0.15, 0.2) is 66.7 Å². The molecular weight excluding hydrogens is 282 g/mol. The molecule has 0 amide bonds. The fourth-order valence-corrected chi connectivity index (χ4v) is 2.76. The van der Waals surface area contributed by atoms with Crippen LogP contribution in [0.5, 0.6) is 5.75 Å². The van der Waals surface area contributed by atoms with Gasteiger partial charge in [0.1, 0.15) is 5.75 Å². The molecule has 0 fully saturated rings. The van der Waals surface area contributed by atoms with E-state index in [0.29, 0.717) is 0 Å². The molecule has 116 valence electrons. The van der Waals surface area contributed by atoms with Gasteiger partial charge >= 0.3 is 0 Å². The van der Waals surface area contributed by atoms with Crippen LogP contribution in [0.1, 0.15) is 11.1 Å². The SMILES string of the molecule is COc1cccc(-c2ccc(Nc3cc(C)cc(C)c3)cc2)c1. The summed E-state index contributed by atoms with van der Waals surface area (Å²) in [5.41, 5.74) is 7.07. The van der Waals surface area contributed by atoms with Crippen LogP contribution in [0.3, 0.4) is 0 Å². The first-order valence-corrected chi connectivity index (χ1v) is 7.74. The van der Waals surface area contributed by atoms with Gasteiger partial charge < -0.3 is 10.1 Å². The molecule has 23 heavy (non-hydrogen) atoms. The quantitative estimate of drug-likeness (QED) is 0.665. The van der Waals surface area contributed by atoms with Gasteiger partial charge in [0.15, 0.2) is 0 Å². The third-order valence-electron chi connectivity index (χ3n) is 3.80. The molecule has 3 aromatic carbocycles. The summed E-state index contributed by atoms with van der Waals surface area (Å²) < 4.78 is 5.29. The molecule has 0 bridgehead atoms. The Labute approximate surface area is 137 Å². The van der Waals surface area contributed by atoms with E-state index >= 15 is 0 Å². The molecular formula is C21H21NO. The Bertz CT molecular complexity index is 786. The summed E-state index contributed by atoms with van der Waals surface area (Å²) in [7, 11) is 1.69. The highest BCUT2D eigenvalue weighted by Gasteiger charge is 2.01. The predicted molar refractivity (Wildman–Crippen MR) is 97.6 cm³/mol. The maximum Gasteiger partial charge on any atom is 0.119 e. The smallest absolute Gasteiger partial charge is 0.119 e. The van der Waals surface area contributed by atoms with Gasteiger partial charge in [-0.25, -0.2) is 0 Å². The van der Waals surface area contributed by atoms with Crippen LogP contribution in [-0.2, 0) is 0 Å². The molecule has 0 unspecified atom stereocenters. The lowest BCUT2D eigenvalue weighted by Crippen LogP contribution is -1.92. The average molecular weight is 303 g/mol. The third-order valence-corrected chi connectivity index (χ3v) is 3.80. The monoisotopic (exact) mass is 303 g/mol. The maximum absolute atomic E-state index is 5.29. The first kappa shape index (κ1) is 15.2. The largest absolute Gasteiger partial charge is 0.497 e. The second-order valence-corrected chi connectivity index (χ2v) is 5.81. The average Bonchev–Trinajstić information content (AvgIpc) is 2.55. The third kappa shape index (κ3) is 3.72. The van der Waals surface area contributed by atoms with Crippen LogP contribution >= 0.6 is 0 Å². The highest BCUT2D eigenvalue weighted by atomic mass is 16.5. The molecule has 2 nitrogen and oxygen atoms in total. The first-order chi connectivity index (χ1) is 11.1. The van der Waals surface area contributed by atoms with Gasteiger partial charge in [0.2, 0.25) is 0 Å². The van der Waals surface area contributed by atoms with E-state index < -0.39 is 0 Å². The van der Waals surface area contributed by atoms with Crippen molar-refractivity contribution in [1.82, 2.24) is 0 Å². The fourth-order valence-electron chi connectivity index (χ4n) is 2.76. The minimum Gasteiger partial charge on any atom is -0.497 e. The van der Waals surface area contributed by atoms with Gasteiger partial charge in [0, 0.05) is 11.4 Å². The summed E-state index contributed by atoms with van der Waals surface area (Å²) in [5, 5.41) is 3.46. The number of rotatable bonds is 4. The van der Waals surface area contributed by atoms with Crippen molar-refractivity contribution in [2.24, 2.45) is 0 Å². The highest BCUT2D eigenvalue weighted by molar-refractivity contribution is 5.69. The molecule has 0 saturated heterocycles. The Balaban J connectivity index is 1.81. The Morgan fingerprint density at radius 3 is 2.04 bits per heavy atom. The van der Waals surface area contributed by atoms with Crippen molar-refractivity contribution in [3.05, 3.63) is 77.9 Å². The second kappa shape index (κ2) is 6.57. The summed E-state index contributed by atoms with van der Waals surface area (Å²) in [6.07, 6.45) is 0. The lowest BCUT2D eigenvalue weighted by atomic mass is 10.0. The molecule has 0 aliphatic heterocycles. The van der Waals surface area contributed by atoms with Gasteiger partial charge in [0.25, 0.3) is 0 Å². The van der Waals surface area contributed by atoms with Crippen LogP contribution in [0.2, 0.25) is 0 Å². The zero-order valence-corrected chi connectivity index (χ0v) is 13.8. The minimum absolute atomic E-state index is 0.875. The van der Waals surface area contributed by atoms with E-state index in [1.54, 1.807) is 7.11 Å². The van der Waals surface area contributed by atoms with Gasteiger partial charge in [0.05, 0.1) is 7.11 Å². The number of hydrogen-bond acceptors (Lipinski definition) is 2. The molecule has 0 atom stereocenters. The lowest BCUT2D eigenvalue weighted by molar-refractivity contribution is 0.415. The Morgan fingerprint density at radius 1 is 0.696 bits per heavy atom. The molecule has 0 aliphatic rings. The fraction of sp³-hybridized carbons (Fsp3) is 0.143. The molecule has 0 saturated carbocycles. The number of nitrogens with one attached hydrogen (secondary N) is 1. The second-order valence-electron chi connectivity index (χ2n) is 5.81. The standard InChI is InChI=1S/C21H21NO/c1-15-11-16(2)13-20(12-15)22-19-9-7-17(8-10-19)18-5-4-6-21(14-18)23-3/h4-14,22H,1-3H3. The van der Waals surface area contributed by atoms with E-state index in [2.05, 4.69) is 67.7 Å². The molecule has 1 N–H and O–H groups in total. The van der Waals surface area contributed by atoms with E-state index in [4.69, 9.17) is 4.74 Å². The maximum atomic E-state index is 5.29.